The number of hydrogen-bond donors (Lipinski definition) is 1. The highest BCUT2D eigenvalue weighted by molar-refractivity contribution is 6.01. The molecular formula is C17H21NO. The molecule has 0 aliphatic heterocycles. The molecule has 0 heterocycles. The SMILES string of the molecule is CC(C)CC(CN)C(=O)c1ccc2ccccc2c1. The van der Waals surface area contributed by atoms with Crippen molar-refractivity contribution in [3.8, 4) is 0 Å². The number of hydrogen-bond acceptors (Lipinski definition) is 2. The molecule has 0 radical (unpaired) electrons. The monoisotopic (exact) mass is 255 g/mol. The van der Waals surface area contributed by atoms with Crippen LogP contribution in [-0.4, -0.2) is 12.3 Å². The van der Waals surface area contributed by atoms with Crippen molar-refractivity contribution in [2.45, 2.75) is 20.3 Å². The van der Waals surface area contributed by atoms with Crippen LogP contribution in [0.25, 0.3) is 10.8 Å². The number of nitrogens with two attached hydrogens (primary N) is 1. The predicted molar refractivity (Wildman–Crippen MR) is 80.3 cm³/mol. The summed E-state index contributed by atoms with van der Waals surface area (Å²) >= 11 is 0. The number of fused-ring (bicyclic) bond motifs is 1. The van der Waals surface area contributed by atoms with E-state index in [1.165, 1.54) is 0 Å². The maximum Gasteiger partial charge on any atom is 0.167 e. The third-order valence-corrected chi connectivity index (χ3v) is 3.45. The molecule has 2 heteroatoms. The minimum Gasteiger partial charge on any atom is -0.330 e. The molecule has 19 heavy (non-hydrogen) atoms. The van der Waals surface area contributed by atoms with Gasteiger partial charge in [-0.25, -0.2) is 0 Å². The minimum atomic E-state index is -0.0684. The fraction of sp³-hybridized carbons (Fsp3) is 0.353. The van der Waals surface area contributed by atoms with Gasteiger partial charge in [0.2, 0.25) is 0 Å². The second-order valence-electron chi connectivity index (χ2n) is 5.49. The molecule has 1 atom stereocenters. The van der Waals surface area contributed by atoms with Gasteiger partial charge in [-0.2, -0.15) is 0 Å². The van der Waals surface area contributed by atoms with Gasteiger partial charge in [0, 0.05) is 18.0 Å². The summed E-state index contributed by atoms with van der Waals surface area (Å²) in [6.07, 6.45) is 0.849. The Kier molecular flexibility index (Phi) is 4.33. The van der Waals surface area contributed by atoms with Crippen LogP contribution < -0.4 is 5.73 Å². The van der Waals surface area contributed by atoms with E-state index < -0.39 is 0 Å². The van der Waals surface area contributed by atoms with Crippen LogP contribution in [0, 0.1) is 11.8 Å². The van der Waals surface area contributed by atoms with E-state index in [0.717, 1.165) is 22.8 Å². The normalized spacial score (nSPS) is 12.8. The fourth-order valence-electron chi connectivity index (χ4n) is 2.46. The summed E-state index contributed by atoms with van der Waals surface area (Å²) in [5.41, 5.74) is 6.52. The Morgan fingerprint density at radius 1 is 1.11 bits per heavy atom. The van der Waals surface area contributed by atoms with Gasteiger partial charge in [-0.05, 0) is 29.2 Å². The molecule has 1 unspecified atom stereocenters. The van der Waals surface area contributed by atoms with Crippen LogP contribution in [0.5, 0.6) is 0 Å². The second kappa shape index (κ2) is 5.98. The van der Waals surface area contributed by atoms with E-state index in [0.29, 0.717) is 12.5 Å². The fourth-order valence-corrected chi connectivity index (χ4v) is 2.46. The Bertz CT molecular complexity index is 574. The van der Waals surface area contributed by atoms with Crippen LogP contribution >= 0.6 is 0 Å². The summed E-state index contributed by atoms with van der Waals surface area (Å²) in [5, 5.41) is 2.26. The van der Waals surface area contributed by atoms with Crippen molar-refractivity contribution in [2.75, 3.05) is 6.54 Å². The number of carbonyl (C=O) groups is 1. The first-order valence-electron chi connectivity index (χ1n) is 6.85. The molecule has 2 aromatic carbocycles. The molecule has 2 nitrogen and oxygen atoms in total. The summed E-state index contributed by atoms with van der Waals surface area (Å²) in [5.74, 6) is 0.584. The highest BCUT2D eigenvalue weighted by Gasteiger charge is 2.19. The third-order valence-electron chi connectivity index (χ3n) is 3.45. The Balaban J connectivity index is 2.29. The van der Waals surface area contributed by atoms with Crippen molar-refractivity contribution in [1.29, 1.82) is 0 Å². The van der Waals surface area contributed by atoms with Crippen molar-refractivity contribution in [1.82, 2.24) is 0 Å². The zero-order valence-corrected chi connectivity index (χ0v) is 11.6. The van der Waals surface area contributed by atoms with E-state index in [9.17, 15) is 4.79 Å². The smallest absolute Gasteiger partial charge is 0.167 e. The molecule has 0 aliphatic rings. The Hall–Kier alpha value is -1.67. The zero-order chi connectivity index (χ0) is 13.8. The van der Waals surface area contributed by atoms with Crippen LogP contribution in [0.4, 0.5) is 0 Å². The van der Waals surface area contributed by atoms with Crippen molar-refractivity contribution in [3.63, 3.8) is 0 Å². The van der Waals surface area contributed by atoms with Gasteiger partial charge in [-0.1, -0.05) is 50.2 Å². The van der Waals surface area contributed by atoms with Crippen molar-refractivity contribution in [3.05, 3.63) is 48.0 Å². The number of rotatable bonds is 5. The number of benzene rings is 2. The first-order chi connectivity index (χ1) is 9.11. The molecule has 100 valence electrons. The van der Waals surface area contributed by atoms with Crippen molar-refractivity contribution in [2.24, 2.45) is 17.6 Å². The second-order valence-corrected chi connectivity index (χ2v) is 5.49. The van der Waals surface area contributed by atoms with E-state index in [1.54, 1.807) is 0 Å². The summed E-state index contributed by atoms with van der Waals surface area (Å²) in [6.45, 7) is 4.66. The first-order valence-corrected chi connectivity index (χ1v) is 6.85. The van der Waals surface area contributed by atoms with Crippen LogP contribution in [0.3, 0.4) is 0 Å². The van der Waals surface area contributed by atoms with E-state index in [2.05, 4.69) is 19.9 Å². The first kappa shape index (κ1) is 13.8. The molecule has 0 bridgehead atoms. The molecule has 2 aromatic rings. The molecule has 2 rings (SSSR count). The highest BCUT2D eigenvalue weighted by atomic mass is 16.1. The van der Waals surface area contributed by atoms with Gasteiger partial charge >= 0.3 is 0 Å². The van der Waals surface area contributed by atoms with E-state index in [-0.39, 0.29) is 11.7 Å². The Morgan fingerprint density at radius 3 is 2.42 bits per heavy atom. The summed E-state index contributed by atoms with van der Waals surface area (Å²) in [6, 6.07) is 14.0. The third kappa shape index (κ3) is 3.21. The molecule has 0 saturated carbocycles. The van der Waals surface area contributed by atoms with Crippen molar-refractivity contribution >= 4 is 16.6 Å². The lowest BCUT2D eigenvalue weighted by Gasteiger charge is -2.16. The lowest BCUT2D eigenvalue weighted by atomic mass is 9.89. The number of Topliss-reactive ketones (excluding diaryl/α,β-unsaturated/α-hetero) is 1. The van der Waals surface area contributed by atoms with E-state index in [4.69, 9.17) is 5.73 Å². The van der Waals surface area contributed by atoms with Crippen molar-refractivity contribution < 1.29 is 4.79 Å². The Morgan fingerprint density at radius 2 is 1.79 bits per heavy atom. The maximum atomic E-state index is 12.5. The van der Waals surface area contributed by atoms with Gasteiger partial charge in [0.1, 0.15) is 0 Å². The lowest BCUT2D eigenvalue weighted by molar-refractivity contribution is 0.0909. The van der Waals surface area contributed by atoms with Crippen LogP contribution in [0.2, 0.25) is 0 Å². The summed E-state index contributed by atoms with van der Waals surface area (Å²) < 4.78 is 0. The van der Waals surface area contributed by atoms with Gasteiger partial charge in [-0.3, -0.25) is 4.79 Å². The number of ketones is 1. The quantitative estimate of drug-likeness (QED) is 0.829. The van der Waals surface area contributed by atoms with Gasteiger partial charge in [-0.15, -0.1) is 0 Å². The van der Waals surface area contributed by atoms with Gasteiger partial charge < -0.3 is 5.73 Å². The van der Waals surface area contributed by atoms with Gasteiger partial charge in [0.25, 0.3) is 0 Å². The average Bonchev–Trinajstić information content (AvgIpc) is 2.43. The van der Waals surface area contributed by atoms with Gasteiger partial charge in [0.05, 0.1) is 0 Å². The molecular weight excluding hydrogens is 234 g/mol. The van der Waals surface area contributed by atoms with Gasteiger partial charge in [0.15, 0.2) is 5.78 Å². The average molecular weight is 255 g/mol. The Labute approximate surface area is 114 Å². The molecule has 0 fully saturated rings. The molecule has 0 saturated heterocycles. The van der Waals surface area contributed by atoms with Crippen LogP contribution in [-0.2, 0) is 0 Å². The standard InChI is InChI=1S/C17H21NO/c1-12(2)9-16(11-18)17(19)15-8-7-13-5-3-4-6-14(13)10-15/h3-8,10,12,16H,9,11,18H2,1-2H3. The molecule has 0 spiro atoms. The van der Waals surface area contributed by atoms with E-state index >= 15 is 0 Å². The lowest BCUT2D eigenvalue weighted by Crippen LogP contribution is -2.25. The van der Waals surface area contributed by atoms with E-state index in [1.807, 2.05) is 36.4 Å². The molecule has 0 aliphatic carbocycles. The van der Waals surface area contributed by atoms with Crippen LogP contribution in [0.1, 0.15) is 30.6 Å². The zero-order valence-electron chi connectivity index (χ0n) is 11.6. The largest absolute Gasteiger partial charge is 0.330 e. The minimum absolute atomic E-state index is 0.0684. The highest BCUT2D eigenvalue weighted by Crippen LogP contribution is 2.20. The molecule has 0 aromatic heterocycles. The predicted octanol–water partition coefficient (Wildman–Crippen LogP) is 3.64. The van der Waals surface area contributed by atoms with Crippen LogP contribution in [0.15, 0.2) is 42.5 Å². The topological polar surface area (TPSA) is 43.1 Å². The molecule has 2 N–H and O–H groups in total. The molecule has 0 amide bonds. The summed E-state index contributed by atoms with van der Waals surface area (Å²) in [4.78, 5) is 12.5. The number of carbonyl (C=O) groups excluding carboxylic acids is 1. The maximum absolute atomic E-state index is 12.5. The summed E-state index contributed by atoms with van der Waals surface area (Å²) in [7, 11) is 0.